The van der Waals surface area contributed by atoms with Crippen molar-refractivity contribution in [3.05, 3.63) is 0 Å². The Labute approximate surface area is 128 Å². The molecule has 1 aliphatic heterocycles. The van der Waals surface area contributed by atoms with Gasteiger partial charge in [-0.1, -0.05) is 20.8 Å². The molecule has 0 aromatic carbocycles. The van der Waals surface area contributed by atoms with E-state index in [4.69, 9.17) is 5.73 Å². The van der Waals surface area contributed by atoms with E-state index in [2.05, 4.69) is 6.92 Å². The number of carbonyl (C=O) groups is 1. The molecule has 0 radical (unpaired) electrons. The van der Waals surface area contributed by atoms with Crippen molar-refractivity contribution in [1.29, 1.82) is 0 Å². The number of hydrogen-bond acceptors (Lipinski definition) is 4. The molecular formula is C13H27ClN2O3S. The number of rotatable bonds is 5. The monoisotopic (exact) mass is 326 g/mol. The fraction of sp³-hybridized carbons (Fsp3) is 0.923. The van der Waals surface area contributed by atoms with Gasteiger partial charge < -0.3 is 10.6 Å². The van der Waals surface area contributed by atoms with E-state index in [0.29, 0.717) is 19.0 Å². The van der Waals surface area contributed by atoms with E-state index >= 15 is 0 Å². The van der Waals surface area contributed by atoms with Gasteiger partial charge in [-0.2, -0.15) is 0 Å². The second kappa shape index (κ2) is 8.20. The third-order valence-corrected chi connectivity index (χ3v) is 5.36. The maximum absolute atomic E-state index is 12.2. The first-order valence-corrected chi connectivity index (χ1v) is 8.77. The fourth-order valence-electron chi connectivity index (χ4n) is 2.64. The normalized spacial score (nSPS) is 23.6. The summed E-state index contributed by atoms with van der Waals surface area (Å²) in [5.41, 5.74) is 5.69. The summed E-state index contributed by atoms with van der Waals surface area (Å²) in [5, 5.41) is 0. The first kappa shape index (κ1) is 19.7. The van der Waals surface area contributed by atoms with Crippen LogP contribution >= 0.6 is 12.4 Å². The Morgan fingerprint density at radius 3 is 2.50 bits per heavy atom. The molecule has 0 aromatic heterocycles. The predicted molar refractivity (Wildman–Crippen MR) is 83.7 cm³/mol. The number of hydrogen-bond donors (Lipinski definition) is 1. The molecule has 0 aromatic rings. The minimum absolute atomic E-state index is 0. The number of likely N-dealkylation sites (tertiary alicyclic amines) is 1. The van der Waals surface area contributed by atoms with Gasteiger partial charge in [-0.15, -0.1) is 12.4 Å². The molecule has 7 heteroatoms. The number of piperidine rings is 1. The largest absolute Gasteiger partial charge is 0.338 e. The van der Waals surface area contributed by atoms with Gasteiger partial charge in [-0.25, -0.2) is 8.42 Å². The number of nitrogens with two attached hydrogens (primary N) is 1. The SMILES string of the molecule is CC(C)CS(=O)(=O)CC(=O)N1CCC(C)CC1CN.Cl. The van der Waals surface area contributed by atoms with Gasteiger partial charge in [0.05, 0.1) is 5.75 Å². The predicted octanol–water partition coefficient (Wildman–Crippen LogP) is 1.06. The van der Waals surface area contributed by atoms with Gasteiger partial charge >= 0.3 is 0 Å². The lowest BCUT2D eigenvalue weighted by Gasteiger charge is -2.38. The molecule has 1 fully saturated rings. The van der Waals surface area contributed by atoms with Gasteiger partial charge in [0.1, 0.15) is 5.75 Å². The molecule has 1 aliphatic rings. The summed E-state index contributed by atoms with van der Waals surface area (Å²) in [7, 11) is -3.31. The van der Waals surface area contributed by atoms with E-state index in [9.17, 15) is 13.2 Å². The maximum atomic E-state index is 12.2. The molecule has 0 spiro atoms. The van der Waals surface area contributed by atoms with Crippen molar-refractivity contribution < 1.29 is 13.2 Å². The molecule has 2 atom stereocenters. The van der Waals surface area contributed by atoms with Crippen LogP contribution in [0.25, 0.3) is 0 Å². The topological polar surface area (TPSA) is 80.5 Å². The third kappa shape index (κ3) is 5.97. The van der Waals surface area contributed by atoms with Crippen LogP contribution in [0.3, 0.4) is 0 Å². The Kier molecular flexibility index (Phi) is 8.06. The summed E-state index contributed by atoms with van der Waals surface area (Å²) in [4.78, 5) is 13.8. The van der Waals surface area contributed by atoms with Crippen molar-refractivity contribution >= 4 is 28.2 Å². The van der Waals surface area contributed by atoms with Crippen molar-refractivity contribution in [2.75, 3.05) is 24.6 Å². The van der Waals surface area contributed by atoms with E-state index in [1.807, 2.05) is 13.8 Å². The zero-order valence-corrected chi connectivity index (χ0v) is 14.2. The van der Waals surface area contributed by atoms with Gasteiger partial charge in [0.15, 0.2) is 9.84 Å². The van der Waals surface area contributed by atoms with E-state index in [1.165, 1.54) is 0 Å². The first-order valence-electron chi connectivity index (χ1n) is 6.95. The Balaban J connectivity index is 0.00000361. The minimum Gasteiger partial charge on any atom is -0.338 e. The molecule has 120 valence electrons. The molecule has 0 aliphatic carbocycles. The van der Waals surface area contributed by atoms with Crippen molar-refractivity contribution in [1.82, 2.24) is 4.90 Å². The summed E-state index contributed by atoms with van der Waals surface area (Å²) < 4.78 is 23.7. The van der Waals surface area contributed by atoms with Gasteiger partial charge in [0, 0.05) is 19.1 Å². The highest BCUT2D eigenvalue weighted by molar-refractivity contribution is 7.92. The average Bonchev–Trinajstić information content (AvgIpc) is 2.25. The van der Waals surface area contributed by atoms with Gasteiger partial charge in [-0.05, 0) is 24.7 Å². The smallest absolute Gasteiger partial charge is 0.238 e. The summed E-state index contributed by atoms with van der Waals surface area (Å²) in [6.45, 7) is 6.85. The molecule has 1 saturated heterocycles. The van der Waals surface area contributed by atoms with Crippen molar-refractivity contribution in [2.45, 2.75) is 39.7 Å². The van der Waals surface area contributed by atoms with E-state index in [1.54, 1.807) is 4.90 Å². The van der Waals surface area contributed by atoms with Crippen LogP contribution in [0.15, 0.2) is 0 Å². The maximum Gasteiger partial charge on any atom is 0.238 e. The van der Waals surface area contributed by atoms with Crippen LogP contribution in [0.1, 0.15) is 33.6 Å². The number of halogens is 1. The van der Waals surface area contributed by atoms with Crippen molar-refractivity contribution in [3.63, 3.8) is 0 Å². The van der Waals surface area contributed by atoms with E-state index < -0.39 is 9.84 Å². The highest BCUT2D eigenvalue weighted by Gasteiger charge is 2.31. The Bertz CT molecular complexity index is 412. The standard InChI is InChI=1S/C13H26N2O3S.ClH/c1-10(2)8-19(17,18)9-13(16)15-5-4-11(3)6-12(15)7-14;/h10-12H,4-9,14H2,1-3H3;1H. The van der Waals surface area contributed by atoms with Crippen molar-refractivity contribution in [3.8, 4) is 0 Å². The van der Waals surface area contributed by atoms with Gasteiger partial charge in [-0.3, -0.25) is 4.79 Å². The first-order chi connectivity index (χ1) is 8.75. The van der Waals surface area contributed by atoms with Crippen LogP contribution in [-0.2, 0) is 14.6 Å². The van der Waals surface area contributed by atoms with Crippen LogP contribution < -0.4 is 5.73 Å². The number of nitrogens with zero attached hydrogens (tertiary/aromatic N) is 1. The molecule has 2 N–H and O–H groups in total. The summed E-state index contributed by atoms with van der Waals surface area (Å²) in [6, 6.07) is -0.00880. The summed E-state index contributed by atoms with van der Waals surface area (Å²) >= 11 is 0. The lowest BCUT2D eigenvalue weighted by molar-refractivity contribution is -0.132. The molecule has 1 rings (SSSR count). The van der Waals surface area contributed by atoms with Gasteiger partial charge in [0.2, 0.25) is 5.91 Å². The van der Waals surface area contributed by atoms with Crippen LogP contribution in [0, 0.1) is 11.8 Å². The summed E-state index contributed by atoms with van der Waals surface area (Å²) in [5.74, 6) is -0.0101. The number of carbonyl (C=O) groups excluding carboxylic acids is 1. The Morgan fingerprint density at radius 2 is 2.00 bits per heavy atom. The molecule has 0 saturated carbocycles. The lowest BCUT2D eigenvalue weighted by atomic mass is 9.92. The quantitative estimate of drug-likeness (QED) is 0.819. The zero-order valence-electron chi connectivity index (χ0n) is 12.5. The van der Waals surface area contributed by atoms with Crippen molar-refractivity contribution in [2.24, 2.45) is 17.6 Å². The van der Waals surface area contributed by atoms with Crippen LogP contribution in [-0.4, -0.2) is 49.9 Å². The molecule has 1 heterocycles. The highest BCUT2D eigenvalue weighted by Crippen LogP contribution is 2.22. The zero-order chi connectivity index (χ0) is 14.6. The molecular weight excluding hydrogens is 300 g/mol. The Morgan fingerprint density at radius 1 is 1.40 bits per heavy atom. The van der Waals surface area contributed by atoms with E-state index in [-0.39, 0.29) is 41.8 Å². The highest BCUT2D eigenvalue weighted by atomic mass is 35.5. The van der Waals surface area contributed by atoms with Crippen LogP contribution in [0.5, 0.6) is 0 Å². The molecule has 5 nitrogen and oxygen atoms in total. The number of amides is 1. The Hall–Kier alpha value is -0.330. The fourth-order valence-corrected chi connectivity index (χ4v) is 4.32. The lowest BCUT2D eigenvalue weighted by Crippen LogP contribution is -2.51. The summed E-state index contributed by atoms with van der Waals surface area (Å²) in [6.07, 6.45) is 1.79. The van der Waals surface area contributed by atoms with E-state index in [0.717, 1.165) is 12.8 Å². The second-order valence-electron chi connectivity index (χ2n) is 6.05. The number of sulfone groups is 1. The minimum atomic E-state index is -3.31. The average molecular weight is 327 g/mol. The molecule has 2 unspecified atom stereocenters. The molecule has 20 heavy (non-hydrogen) atoms. The second-order valence-corrected chi connectivity index (χ2v) is 8.16. The molecule has 0 bridgehead atoms. The van der Waals surface area contributed by atoms with Crippen LogP contribution in [0.4, 0.5) is 0 Å². The molecule has 1 amide bonds. The van der Waals surface area contributed by atoms with Gasteiger partial charge in [0.25, 0.3) is 0 Å². The third-order valence-electron chi connectivity index (χ3n) is 3.50. The van der Waals surface area contributed by atoms with Crippen LogP contribution in [0.2, 0.25) is 0 Å².